The van der Waals surface area contributed by atoms with Crippen molar-refractivity contribution in [1.82, 2.24) is 10.2 Å². The Morgan fingerprint density at radius 3 is 2.06 bits per heavy atom. The molecule has 0 aromatic heterocycles. The van der Waals surface area contributed by atoms with E-state index in [1.54, 1.807) is 19.1 Å². The topological polar surface area (TPSA) is 86.8 Å². The van der Waals surface area contributed by atoms with Gasteiger partial charge in [-0.1, -0.05) is 42.8 Å². The number of benzene rings is 2. The van der Waals surface area contributed by atoms with Gasteiger partial charge in [0.15, 0.2) is 0 Å². The maximum absolute atomic E-state index is 13.5. The van der Waals surface area contributed by atoms with Crippen LogP contribution in [0.1, 0.15) is 42.5 Å². The van der Waals surface area contributed by atoms with E-state index in [2.05, 4.69) is 5.32 Å². The van der Waals surface area contributed by atoms with Gasteiger partial charge in [0.05, 0.1) is 11.9 Å². The number of nitrogens with one attached hydrogen (secondary N) is 1. The number of hydrogen-bond donors (Lipinski definition) is 1. The highest BCUT2D eigenvalue weighted by molar-refractivity contribution is 7.92. The number of sulfonamides is 1. The van der Waals surface area contributed by atoms with Crippen molar-refractivity contribution in [3.05, 3.63) is 64.7 Å². The molecule has 0 aliphatic heterocycles. The zero-order valence-electron chi connectivity index (χ0n) is 20.4. The van der Waals surface area contributed by atoms with Crippen LogP contribution in [0.2, 0.25) is 0 Å². The van der Waals surface area contributed by atoms with Gasteiger partial charge in [-0.05, 0) is 62.9 Å². The van der Waals surface area contributed by atoms with E-state index in [0.29, 0.717) is 12.2 Å². The molecule has 0 fully saturated rings. The number of anilines is 1. The predicted octanol–water partition coefficient (Wildman–Crippen LogP) is 3.32. The van der Waals surface area contributed by atoms with E-state index in [1.165, 1.54) is 4.90 Å². The summed E-state index contributed by atoms with van der Waals surface area (Å²) < 4.78 is 26.4. The van der Waals surface area contributed by atoms with Crippen LogP contribution in [-0.4, -0.2) is 50.5 Å². The average Bonchev–Trinajstić information content (AvgIpc) is 2.73. The van der Waals surface area contributed by atoms with Gasteiger partial charge in [0, 0.05) is 13.1 Å². The number of hydrogen-bond acceptors (Lipinski definition) is 4. The Bertz CT molecular complexity index is 1060. The highest BCUT2D eigenvalue weighted by Crippen LogP contribution is 2.22. The number of nitrogens with zero attached hydrogens (tertiary/aromatic N) is 2. The van der Waals surface area contributed by atoms with Crippen molar-refractivity contribution in [2.75, 3.05) is 23.7 Å². The van der Waals surface area contributed by atoms with E-state index in [9.17, 15) is 18.0 Å². The molecule has 1 N–H and O–H groups in total. The smallest absolute Gasteiger partial charge is 0.244 e. The second-order valence-corrected chi connectivity index (χ2v) is 10.5. The summed E-state index contributed by atoms with van der Waals surface area (Å²) in [4.78, 5) is 27.6. The molecule has 0 radical (unpaired) electrons. The van der Waals surface area contributed by atoms with E-state index < -0.39 is 22.0 Å². The molecule has 0 saturated heterocycles. The van der Waals surface area contributed by atoms with Gasteiger partial charge in [0.2, 0.25) is 21.8 Å². The van der Waals surface area contributed by atoms with Gasteiger partial charge in [-0.2, -0.15) is 0 Å². The lowest BCUT2D eigenvalue weighted by molar-refractivity contribution is -0.139. The van der Waals surface area contributed by atoms with Crippen LogP contribution < -0.4 is 9.62 Å². The fraction of sp³-hybridized carbons (Fsp3) is 0.440. The van der Waals surface area contributed by atoms with Gasteiger partial charge >= 0.3 is 0 Å². The largest absolute Gasteiger partial charge is 0.354 e. The lowest BCUT2D eigenvalue weighted by atomic mass is 10.1. The predicted molar refractivity (Wildman–Crippen MR) is 133 cm³/mol. The second kappa shape index (κ2) is 11.3. The van der Waals surface area contributed by atoms with Crippen molar-refractivity contribution in [2.24, 2.45) is 0 Å². The van der Waals surface area contributed by atoms with Crippen LogP contribution in [0.3, 0.4) is 0 Å². The number of amides is 2. The molecule has 180 valence electrons. The van der Waals surface area contributed by atoms with Crippen molar-refractivity contribution in [3.63, 3.8) is 0 Å². The van der Waals surface area contributed by atoms with Crippen molar-refractivity contribution in [1.29, 1.82) is 0 Å². The quantitative estimate of drug-likeness (QED) is 0.574. The average molecular weight is 474 g/mol. The molecule has 7 nitrogen and oxygen atoms in total. The Hall–Kier alpha value is -2.87. The first kappa shape index (κ1) is 26.4. The van der Waals surface area contributed by atoms with Gasteiger partial charge < -0.3 is 10.2 Å². The Morgan fingerprint density at radius 2 is 1.55 bits per heavy atom. The summed E-state index contributed by atoms with van der Waals surface area (Å²) in [5, 5.41) is 2.83. The summed E-state index contributed by atoms with van der Waals surface area (Å²) in [6, 6.07) is 12.4. The molecule has 0 aliphatic carbocycles. The van der Waals surface area contributed by atoms with Crippen molar-refractivity contribution in [2.45, 2.75) is 53.6 Å². The first-order valence-corrected chi connectivity index (χ1v) is 13.0. The zero-order valence-corrected chi connectivity index (χ0v) is 21.2. The molecule has 0 heterocycles. The van der Waals surface area contributed by atoms with Gasteiger partial charge in [0.1, 0.15) is 12.6 Å². The second-order valence-electron chi connectivity index (χ2n) is 8.59. The minimum atomic E-state index is -3.73. The summed E-state index contributed by atoms with van der Waals surface area (Å²) in [7, 11) is -3.73. The van der Waals surface area contributed by atoms with Crippen LogP contribution in [0, 0.1) is 20.8 Å². The van der Waals surface area contributed by atoms with E-state index in [-0.39, 0.29) is 19.0 Å². The number of carbonyl (C=O) groups is 2. The third-order valence-corrected chi connectivity index (χ3v) is 6.50. The highest BCUT2D eigenvalue weighted by atomic mass is 32.2. The van der Waals surface area contributed by atoms with Crippen LogP contribution in [-0.2, 0) is 26.2 Å². The van der Waals surface area contributed by atoms with E-state index in [1.807, 2.05) is 58.0 Å². The molecule has 0 unspecified atom stereocenters. The molecule has 2 aromatic rings. The van der Waals surface area contributed by atoms with Crippen LogP contribution >= 0.6 is 0 Å². The minimum absolute atomic E-state index is 0.199. The lowest BCUT2D eigenvalue weighted by Crippen LogP contribution is -2.51. The Kier molecular flexibility index (Phi) is 9.05. The molecule has 2 amide bonds. The Morgan fingerprint density at radius 1 is 0.970 bits per heavy atom. The standard InChI is InChI=1S/C25H35N3O4S/c1-7-12-26-25(30)21(5)27(16-22-10-8-18(2)9-11-22)24(29)17-28(33(6,31)32)23-14-19(3)13-20(4)15-23/h8-11,13-15,21H,7,12,16-17H2,1-6H3,(H,26,30)/t21-/m0/s1. The third kappa shape index (κ3) is 7.60. The Labute approximate surface area is 197 Å². The van der Waals surface area contributed by atoms with Crippen LogP contribution in [0.25, 0.3) is 0 Å². The Balaban J connectivity index is 2.39. The van der Waals surface area contributed by atoms with E-state index in [4.69, 9.17) is 0 Å². The van der Waals surface area contributed by atoms with Crippen molar-refractivity contribution in [3.8, 4) is 0 Å². The lowest BCUT2D eigenvalue weighted by Gasteiger charge is -2.31. The molecule has 8 heteroatoms. The maximum atomic E-state index is 13.5. The molecule has 2 aromatic carbocycles. The monoisotopic (exact) mass is 473 g/mol. The summed E-state index contributed by atoms with van der Waals surface area (Å²) in [6.07, 6.45) is 1.86. The maximum Gasteiger partial charge on any atom is 0.244 e. The van der Waals surface area contributed by atoms with Crippen molar-refractivity contribution < 1.29 is 18.0 Å². The molecule has 0 aliphatic rings. The van der Waals surface area contributed by atoms with Gasteiger partial charge in [0.25, 0.3) is 0 Å². The van der Waals surface area contributed by atoms with Gasteiger partial charge in [-0.15, -0.1) is 0 Å². The van der Waals surface area contributed by atoms with Crippen LogP contribution in [0.15, 0.2) is 42.5 Å². The first-order valence-electron chi connectivity index (χ1n) is 11.1. The van der Waals surface area contributed by atoms with E-state index >= 15 is 0 Å². The molecular weight excluding hydrogens is 438 g/mol. The first-order chi connectivity index (χ1) is 15.4. The van der Waals surface area contributed by atoms with Gasteiger partial charge in [-0.25, -0.2) is 8.42 Å². The minimum Gasteiger partial charge on any atom is -0.354 e. The summed E-state index contributed by atoms with van der Waals surface area (Å²) in [6.45, 7) is 9.66. The molecule has 33 heavy (non-hydrogen) atoms. The number of carbonyl (C=O) groups excluding carboxylic acids is 2. The SMILES string of the molecule is CCCNC(=O)[C@H](C)N(Cc1ccc(C)cc1)C(=O)CN(c1cc(C)cc(C)c1)S(C)(=O)=O. The molecule has 2 rings (SSSR count). The van der Waals surface area contributed by atoms with Crippen molar-refractivity contribution >= 4 is 27.5 Å². The fourth-order valence-corrected chi connectivity index (χ4v) is 4.41. The summed E-state index contributed by atoms with van der Waals surface area (Å²) in [5.41, 5.74) is 4.18. The third-order valence-electron chi connectivity index (χ3n) is 5.36. The molecule has 1 atom stereocenters. The van der Waals surface area contributed by atoms with Crippen LogP contribution in [0.5, 0.6) is 0 Å². The summed E-state index contributed by atoms with van der Waals surface area (Å²) in [5.74, 6) is -0.714. The zero-order chi connectivity index (χ0) is 24.8. The normalized spacial score (nSPS) is 12.2. The summed E-state index contributed by atoms with van der Waals surface area (Å²) >= 11 is 0. The molecule has 0 saturated carbocycles. The molecule has 0 bridgehead atoms. The number of rotatable bonds is 10. The van der Waals surface area contributed by atoms with E-state index in [0.717, 1.165) is 39.2 Å². The fourth-order valence-electron chi connectivity index (χ4n) is 3.58. The number of aryl methyl sites for hydroxylation is 3. The molecule has 0 spiro atoms. The highest BCUT2D eigenvalue weighted by Gasteiger charge is 2.30. The molecular formula is C25H35N3O4S. The van der Waals surface area contributed by atoms with Crippen LogP contribution in [0.4, 0.5) is 5.69 Å². The van der Waals surface area contributed by atoms with Gasteiger partial charge in [-0.3, -0.25) is 13.9 Å².